The molecule has 0 atom stereocenters. The first-order chi connectivity index (χ1) is 16.6. The van der Waals surface area contributed by atoms with Gasteiger partial charge in [0.1, 0.15) is 29.6 Å². The van der Waals surface area contributed by atoms with E-state index < -0.39 is 5.76 Å². The van der Waals surface area contributed by atoms with Gasteiger partial charge in [0.15, 0.2) is 5.82 Å². The van der Waals surface area contributed by atoms with Crippen molar-refractivity contribution >= 4 is 0 Å². The zero-order valence-electron chi connectivity index (χ0n) is 19.2. The van der Waals surface area contributed by atoms with Gasteiger partial charge in [0.2, 0.25) is 5.89 Å². The SMILES string of the molecule is COc1ccc(-c2nc(COc3ccc(-c4noc(=O)[nH]4)c(C)c3)c(CN3CCCC3)o2)cc1. The lowest BCUT2D eigenvalue weighted by atomic mass is 10.1. The largest absolute Gasteiger partial charge is 0.497 e. The van der Waals surface area contributed by atoms with Gasteiger partial charge in [-0.3, -0.25) is 14.4 Å². The topological polar surface area (TPSA) is 107 Å². The maximum absolute atomic E-state index is 11.3. The van der Waals surface area contributed by atoms with Crippen LogP contribution in [0.2, 0.25) is 0 Å². The van der Waals surface area contributed by atoms with Gasteiger partial charge in [0.25, 0.3) is 0 Å². The second-order valence-corrected chi connectivity index (χ2v) is 8.31. The van der Waals surface area contributed by atoms with Crippen molar-refractivity contribution in [2.24, 2.45) is 0 Å². The zero-order chi connectivity index (χ0) is 23.5. The van der Waals surface area contributed by atoms with Gasteiger partial charge in [0.05, 0.1) is 13.7 Å². The lowest BCUT2D eigenvalue weighted by Crippen LogP contribution is -2.19. The van der Waals surface area contributed by atoms with Crippen molar-refractivity contribution in [3.8, 4) is 34.3 Å². The molecule has 9 heteroatoms. The number of oxazole rings is 1. The van der Waals surface area contributed by atoms with Gasteiger partial charge in [-0.25, -0.2) is 9.78 Å². The Balaban J connectivity index is 1.36. The van der Waals surface area contributed by atoms with E-state index in [1.54, 1.807) is 7.11 Å². The number of aromatic amines is 1. The highest BCUT2D eigenvalue weighted by molar-refractivity contribution is 5.60. The van der Waals surface area contributed by atoms with Gasteiger partial charge in [-0.05, 0) is 80.9 Å². The molecule has 4 aromatic rings. The van der Waals surface area contributed by atoms with Crippen LogP contribution in [0.3, 0.4) is 0 Å². The Kier molecular flexibility index (Phi) is 6.18. The van der Waals surface area contributed by atoms with Crippen LogP contribution in [0.25, 0.3) is 22.8 Å². The molecule has 0 saturated carbocycles. The number of rotatable bonds is 8. The number of aromatic nitrogens is 3. The molecular formula is C25H26N4O5. The van der Waals surface area contributed by atoms with E-state index in [4.69, 9.17) is 18.9 Å². The van der Waals surface area contributed by atoms with E-state index >= 15 is 0 Å². The fourth-order valence-electron chi connectivity index (χ4n) is 4.11. The summed E-state index contributed by atoms with van der Waals surface area (Å²) in [7, 11) is 1.64. The van der Waals surface area contributed by atoms with E-state index in [1.165, 1.54) is 12.8 Å². The summed E-state index contributed by atoms with van der Waals surface area (Å²) >= 11 is 0. The van der Waals surface area contributed by atoms with Gasteiger partial charge < -0.3 is 13.9 Å². The van der Waals surface area contributed by atoms with Gasteiger partial charge >= 0.3 is 5.76 Å². The highest BCUT2D eigenvalue weighted by Crippen LogP contribution is 2.28. The number of aryl methyl sites for hydroxylation is 1. The predicted molar refractivity (Wildman–Crippen MR) is 125 cm³/mol. The van der Waals surface area contributed by atoms with E-state index in [-0.39, 0.29) is 6.61 Å². The molecule has 0 amide bonds. The number of methoxy groups -OCH3 is 1. The molecule has 0 bridgehead atoms. The minimum Gasteiger partial charge on any atom is -0.497 e. The summed E-state index contributed by atoms with van der Waals surface area (Å²) in [6.07, 6.45) is 2.40. The third-order valence-corrected chi connectivity index (χ3v) is 5.95. The van der Waals surface area contributed by atoms with Crippen molar-refractivity contribution in [2.75, 3.05) is 20.2 Å². The summed E-state index contributed by atoms with van der Waals surface area (Å²) in [5.41, 5.74) is 3.34. The van der Waals surface area contributed by atoms with Crippen LogP contribution in [0.1, 0.15) is 29.9 Å². The van der Waals surface area contributed by atoms with Crippen LogP contribution in [0.5, 0.6) is 11.5 Å². The summed E-state index contributed by atoms with van der Waals surface area (Å²) < 4.78 is 22.1. The second kappa shape index (κ2) is 9.56. The van der Waals surface area contributed by atoms with Crippen LogP contribution in [0.4, 0.5) is 0 Å². The van der Waals surface area contributed by atoms with Gasteiger partial charge in [-0.2, -0.15) is 0 Å². The summed E-state index contributed by atoms with van der Waals surface area (Å²) in [6.45, 7) is 5.03. The number of ether oxygens (including phenoxy) is 2. The average molecular weight is 463 g/mol. The highest BCUT2D eigenvalue weighted by atomic mass is 16.5. The third-order valence-electron chi connectivity index (χ3n) is 5.95. The number of likely N-dealkylation sites (tertiary alicyclic amines) is 1. The van der Waals surface area contributed by atoms with Crippen molar-refractivity contribution in [3.05, 3.63) is 70.0 Å². The maximum atomic E-state index is 11.3. The molecule has 0 radical (unpaired) electrons. The van der Waals surface area contributed by atoms with E-state index in [1.807, 2.05) is 49.4 Å². The van der Waals surface area contributed by atoms with E-state index in [2.05, 4.69) is 19.6 Å². The van der Waals surface area contributed by atoms with Crippen LogP contribution in [0, 0.1) is 6.92 Å². The number of nitrogens with zero attached hydrogens (tertiary/aromatic N) is 3. The highest BCUT2D eigenvalue weighted by Gasteiger charge is 2.20. The number of hydrogen-bond donors (Lipinski definition) is 1. The first-order valence-electron chi connectivity index (χ1n) is 11.2. The van der Waals surface area contributed by atoms with Crippen molar-refractivity contribution in [2.45, 2.75) is 32.9 Å². The molecule has 9 nitrogen and oxygen atoms in total. The lowest BCUT2D eigenvalue weighted by Gasteiger charge is -2.13. The molecule has 2 aromatic heterocycles. The fraction of sp³-hybridized carbons (Fsp3) is 0.320. The quantitative estimate of drug-likeness (QED) is 0.416. The minimum atomic E-state index is -0.584. The van der Waals surface area contributed by atoms with Crippen LogP contribution >= 0.6 is 0 Å². The van der Waals surface area contributed by atoms with Crippen molar-refractivity contribution in [1.82, 2.24) is 20.0 Å². The first kappa shape index (κ1) is 22.0. The molecule has 1 aliphatic rings. The summed E-state index contributed by atoms with van der Waals surface area (Å²) in [6, 6.07) is 13.2. The molecule has 1 saturated heterocycles. The molecule has 1 fully saturated rings. The Hall–Kier alpha value is -3.85. The van der Waals surface area contributed by atoms with E-state index in [0.29, 0.717) is 24.0 Å². The van der Waals surface area contributed by atoms with Gasteiger partial charge in [-0.1, -0.05) is 5.16 Å². The second-order valence-electron chi connectivity index (χ2n) is 8.31. The molecule has 176 valence electrons. The molecule has 0 unspecified atom stereocenters. The molecule has 5 rings (SSSR count). The van der Waals surface area contributed by atoms with Crippen LogP contribution < -0.4 is 15.2 Å². The van der Waals surface area contributed by atoms with Crippen LogP contribution in [-0.4, -0.2) is 40.2 Å². The van der Waals surface area contributed by atoms with Crippen molar-refractivity contribution in [1.29, 1.82) is 0 Å². The molecule has 1 aliphatic heterocycles. The standard InChI is InChI=1S/C25H26N4O5/c1-16-13-19(9-10-20(16)23-27-25(30)34-28-23)32-15-21-22(14-29-11-3-4-12-29)33-24(26-21)17-5-7-18(31-2)8-6-17/h5-10,13H,3-4,11-12,14-15H2,1-2H3,(H,27,28,30). The van der Waals surface area contributed by atoms with Crippen LogP contribution in [-0.2, 0) is 13.2 Å². The normalized spacial score (nSPS) is 13.9. The number of benzene rings is 2. The smallest absolute Gasteiger partial charge is 0.439 e. The van der Waals surface area contributed by atoms with Crippen molar-refractivity contribution in [3.63, 3.8) is 0 Å². The Bertz CT molecular complexity index is 1320. The molecule has 1 N–H and O–H groups in total. The monoisotopic (exact) mass is 462 g/mol. The minimum absolute atomic E-state index is 0.280. The summed E-state index contributed by atoms with van der Waals surface area (Å²) in [5, 5.41) is 3.75. The average Bonchev–Trinajstić information content (AvgIpc) is 3.60. The number of H-pyrrole nitrogens is 1. The molecule has 0 spiro atoms. The fourth-order valence-corrected chi connectivity index (χ4v) is 4.11. The van der Waals surface area contributed by atoms with Crippen LogP contribution in [0.15, 0.2) is 56.2 Å². The lowest BCUT2D eigenvalue weighted by molar-refractivity contribution is 0.276. The van der Waals surface area contributed by atoms with E-state index in [0.717, 1.165) is 47.0 Å². The summed E-state index contributed by atoms with van der Waals surface area (Å²) in [4.78, 5) is 21.0. The van der Waals surface area contributed by atoms with Gasteiger partial charge in [0, 0.05) is 11.1 Å². The third kappa shape index (κ3) is 4.74. The molecule has 3 heterocycles. The Labute approximate surface area is 196 Å². The Morgan fingerprint density at radius 1 is 1.09 bits per heavy atom. The molecule has 34 heavy (non-hydrogen) atoms. The Morgan fingerprint density at radius 2 is 1.85 bits per heavy atom. The maximum Gasteiger partial charge on any atom is 0.439 e. The van der Waals surface area contributed by atoms with Crippen molar-refractivity contribution < 1.29 is 18.4 Å². The predicted octanol–water partition coefficient (Wildman–Crippen LogP) is 4.18. The van der Waals surface area contributed by atoms with E-state index in [9.17, 15) is 4.79 Å². The number of nitrogens with one attached hydrogen (secondary N) is 1. The summed E-state index contributed by atoms with van der Waals surface area (Å²) in [5.74, 6) is 2.66. The van der Waals surface area contributed by atoms with Gasteiger partial charge in [-0.15, -0.1) is 0 Å². The zero-order valence-corrected chi connectivity index (χ0v) is 19.2. The molecule has 2 aromatic carbocycles. The molecular weight excluding hydrogens is 436 g/mol. The number of hydrogen-bond acceptors (Lipinski definition) is 8. The molecule has 0 aliphatic carbocycles. The Morgan fingerprint density at radius 3 is 2.53 bits per heavy atom. The first-order valence-corrected chi connectivity index (χ1v) is 11.2.